The van der Waals surface area contributed by atoms with Crippen molar-refractivity contribution in [3.8, 4) is 11.1 Å². The van der Waals surface area contributed by atoms with Crippen LogP contribution in [0.25, 0.3) is 11.1 Å². The van der Waals surface area contributed by atoms with Gasteiger partial charge in [-0.05, 0) is 5.56 Å². The lowest BCUT2D eigenvalue weighted by molar-refractivity contribution is 0.708. The summed E-state index contributed by atoms with van der Waals surface area (Å²) >= 11 is 0. The van der Waals surface area contributed by atoms with Crippen LogP contribution in [0.2, 0.25) is 0 Å². The zero-order chi connectivity index (χ0) is 14.0. The van der Waals surface area contributed by atoms with Gasteiger partial charge in [-0.15, -0.1) is 0 Å². The van der Waals surface area contributed by atoms with E-state index in [2.05, 4.69) is 5.10 Å². The van der Waals surface area contributed by atoms with Crippen molar-refractivity contribution in [1.82, 2.24) is 9.78 Å². The molecule has 0 fully saturated rings. The molecule has 5 nitrogen and oxygen atoms in total. The van der Waals surface area contributed by atoms with Crippen LogP contribution < -0.4 is 10.5 Å². The van der Waals surface area contributed by atoms with Gasteiger partial charge in [-0.3, -0.25) is 4.79 Å². The average Bonchev–Trinajstić information content (AvgIpc) is 2.41. The van der Waals surface area contributed by atoms with E-state index in [1.807, 2.05) is 43.3 Å². The van der Waals surface area contributed by atoms with Crippen molar-refractivity contribution in [1.29, 1.82) is 5.41 Å². The lowest BCUT2D eigenvalue weighted by Gasteiger charge is -2.18. The van der Waals surface area contributed by atoms with E-state index >= 15 is 0 Å². The number of hydrogen-bond donors (Lipinski definition) is 1. The summed E-state index contributed by atoms with van der Waals surface area (Å²) < 4.78 is 1.31. The first kappa shape index (κ1) is 13.0. The highest BCUT2D eigenvalue weighted by molar-refractivity contribution is 5.92. The van der Waals surface area contributed by atoms with Gasteiger partial charge in [-0.1, -0.05) is 24.3 Å². The summed E-state index contributed by atoms with van der Waals surface area (Å²) in [6.45, 7) is 0. The second kappa shape index (κ2) is 5.06. The predicted molar refractivity (Wildman–Crippen MR) is 77.1 cm³/mol. The highest BCUT2D eigenvalue weighted by atomic mass is 16.1. The van der Waals surface area contributed by atoms with Crippen molar-refractivity contribution in [2.24, 2.45) is 7.05 Å². The molecular formula is C14H16N4O. The second-order valence-electron chi connectivity index (χ2n) is 4.46. The molecule has 0 unspecified atom stereocenters. The molecule has 2 rings (SSSR count). The van der Waals surface area contributed by atoms with Crippen molar-refractivity contribution in [3.63, 3.8) is 0 Å². The van der Waals surface area contributed by atoms with E-state index in [0.717, 1.165) is 11.3 Å². The van der Waals surface area contributed by atoms with E-state index in [9.17, 15) is 4.79 Å². The van der Waals surface area contributed by atoms with E-state index in [0.29, 0.717) is 11.1 Å². The third-order valence-electron chi connectivity index (χ3n) is 2.98. The fourth-order valence-electron chi connectivity index (χ4n) is 1.97. The molecule has 98 valence electrons. The number of anilines is 1. The summed E-state index contributed by atoms with van der Waals surface area (Å²) in [6, 6.07) is 7.39. The number of rotatable bonds is 3. The van der Waals surface area contributed by atoms with Gasteiger partial charge in [0.2, 0.25) is 0 Å². The van der Waals surface area contributed by atoms with Crippen LogP contribution in [0.5, 0.6) is 0 Å². The van der Waals surface area contributed by atoms with Crippen molar-refractivity contribution in [2.45, 2.75) is 0 Å². The van der Waals surface area contributed by atoms with Crippen molar-refractivity contribution in [2.75, 3.05) is 19.0 Å². The van der Waals surface area contributed by atoms with Crippen LogP contribution >= 0.6 is 0 Å². The summed E-state index contributed by atoms with van der Waals surface area (Å²) in [5.41, 5.74) is 2.62. The van der Waals surface area contributed by atoms with Crippen LogP contribution in [0, 0.1) is 5.41 Å². The smallest absolute Gasteiger partial charge is 0.276 e. The van der Waals surface area contributed by atoms with Gasteiger partial charge in [0.15, 0.2) is 0 Å². The Hall–Kier alpha value is -2.43. The molecule has 0 atom stereocenters. The normalized spacial score (nSPS) is 10.3. The number of aryl methyl sites for hydroxylation is 1. The van der Waals surface area contributed by atoms with Gasteiger partial charge < -0.3 is 10.3 Å². The van der Waals surface area contributed by atoms with E-state index < -0.39 is 0 Å². The highest BCUT2D eigenvalue weighted by Crippen LogP contribution is 2.27. The summed E-state index contributed by atoms with van der Waals surface area (Å²) in [5, 5.41) is 11.5. The Balaban J connectivity index is 2.84. The van der Waals surface area contributed by atoms with Crippen LogP contribution in [-0.2, 0) is 7.05 Å². The fourth-order valence-corrected chi connectivity index (χ4v) is 1.97. The molecule has 0 aliphatic rings. The lowest BCUT2D eigenvalue weighted by Crippen LogP contribution is -2.25. The Labute approximate surface area is 111 Å². The summed E-state index contributed by atoms with van der Waals surface area (Å²) in [4.78, 5) is 14.2. The molecule has 5 heteroatoms. The van der Waals surface area contributed by atoms with Crippen LogP contribution in [0.15, 0.2) is 35.3 Å². The Morgan fingerprint density at radius 3 is 2.63 bits per heavy atom. The number of nitrogens with zero attached hydrogens (tertiary/aromatic N) is 3. The molecular weight excluding hydrogens is 240 g/mol. The third-order valence-corrected chi connectivity index (χ3v) is 2.98. The van der Waals surface area contributed by atoms with Gasteiger partial charge in [0.25, 0.3) is 5.56 Å². The predicted octanol–water partition coefficient (Wildman–Crippen LogP) is 1.51. The monoisotopic (exact) mass is 256 g/mol. The first-order valence-electron chi connectivity index (χ1n) is 5.89. The van der Waals surface area contributed by atoms with Gasteiger partial charge in [0, 0.05) is 32.9 Å². The van der Waals surface area contributed by atoms with E-state index in [1.165, 1.54) is 10.9 Å². The number of hydrogen-bond acceptors (Lipinski definition) is 4. The molecule has 0 amide bonds. The minimum absolute atomic E-state index is 0.166. The molecule has 1 heterocycles. The molecule has 1 aromatic heterocycles. The molecule has 0 saturated carbocycles. The van der Waals surface area contributed by atoms with E-state index in [1.54, 1.807) is 13.2 Å². The van der Waals surface area contributed by atoms with Crippen molar-refractivity contribution in [3.05, 3.63) is 46.4 Å². The van der Waals surface area contributed by atoms with Crippen LogP contribution in [0.3, 0.4) is 0 Å². The van der Waals surface area contributed by atoms with E-state index in [-0.39, 0.29) is 5.56 Å². The molecule has 0 bridgehead atoms. The highest BCUT2D eigenvalue weighted by Gasteiger charge is 2.15. The Kier molecular flexibility index (Phi) is 3.46. The van der Waals surface area contributed by atoms with Gasteiger partial charge in [-0.25, -0.2) is 4.68 Å². The van der Waals surface area contributed by atoms with Crippen LogP contribution in [-0.4, -0.2) is 30.1 Å². The summed E-state index contributed by atoms with van der Waals surface area (Å²) in [5.74, 6) is 0. The number of benzene rings is 1. The molecule has 0 aliphatic carbocycles. The Morgan fingerprint density at radius 2 is 2.00 bits per heavy atom. The summed E-state index contributed by atoms with van der Waals surface area (Å²) in [7, 11) is 5.36. The lowest BCUT2D eigenvalue weighted by atomic mass is 10.0. The Bertz CT molecular complexity index is 673. The minimum atomic E-state index is -0.166. The van der Waals surface area contributed by atoms with Crippen LogP contribution in [0.1, 0.15) is 5.56 Å². The maximum Gasteiger partial charge on any atom is 0.276 e. The zero-order valence-electron chi connectivity index (χ0n) is 11.2. The van der Waals surface area contributed by atoms with Gasteiger partial charge >= 0.3 is 0 Å². The molecule has 0 aliphatic heterocycles. The minimum Gasteiger partial charge on any atom is -0.376 e. The standard InChI is InChI=1S/C14H16N4O/c1-17(2)12-9-16-18(3)14(19)13(12)11-7-5-4-6-10(11)8-15/h4-9,15H,1-3H3. The quantitative estimate of drug-likeness (QED) is 0.847. The average molecular weight is 256 g/mol. The topological polar surface area (TPSA) is 62.0 Å². The summed E-state index contributed by atoms with van der Waals surface area (Å²) in [6.07, 6.45) is 2.92. The third kappa shape index (κ3) is 2.27. The fraction of sp³-hybridized carbons (Fsp3) is 0.214. The maximum absolute atomic E-state index is 12.4. The van der Waals surface area contributed by atoms with Crippen molar-refractivity contribution >= 4 is 11.9 Å². The number of aromatic nitrogens is 2. The molecule has 2 aromatic rings. The number of nitrogens with one attached hydrogen (secondary N) is 1. The molecule has 1 aromatic carbocycles. The first-order chi connectivity index (χ1) is 9.06. The SMILES string of the molecule is CN(C)c1cnn(C)c(=O)c1-c1ccccc1C=N. The van der Waals surface area contributed by atoms with Crippen molar-refractivity contribution < 1.29 is 0 Å². The largest absolute Gasteiger partial charge is 0.376 e. The molecule has 1 N–H and O–H groups in total. The zero-order valence-corrected chi connectivity index (χ0v) is 11.2. The Morgan fingerprint density at radius 1 is 1.32 bits per heavy atom. The van der Waals surface area contributed by atoms with E-state index in [4.69, 9.17) is 5.41 Å². The van der Waals surface area contributed by atoms with Gasteiger partial charge in [0.1, 0.15) is 0 Å². The maximum atomic E-state index is 12.4. The second-order valence-corrected chi connectivity index (χ2v) is 4.46. The van der Waals surface area contributed by atoms with Crippen LogP contribution in [0.4, 0.5) is 5.69 Å². The first-order valence-corrected chi connectivity index (χ1v) is 5.89. The molecule has 0 radical (unpaired) electrons. The molecule has 19 heavy (non-hydrogen) atoms. The molecule has 0 saturated heterocycles. The van der Waals surface area contributed by atoms with Gasteiger partial charge in [-0.2, -0.15) is 5.10 Å². The molecule has 0 spiro atoms. The van der Waals surface area contributed by atoms with Gasteiger partial charge in [0.05, 0.1) is 17.4 Å².